The molecule has 1 N–H and O–H groups in total. The SMILES string of the molecule is C[C@H]1CCCC[C@H]1NC(=O)CSc1nnc([C@@H]2COc3ccccc3O2)o1. The molecule has 2 aromatic rings. The number of thioether (sulfide) groups is 1. The van der Waals surface area contributed by atoms with Gasteiger partial charge in [-0.1, -0.05) is 43.7 Å². The number of amides is 1. The molecule has 4 rings (SSSR count). The fraction of sp³-hybridized carbons (Fsp3) is 0.526. The van der Waals surface area contributed by atoms with Crippen molar-refractivity contribution in [2.75, 3.05) is 12.4 Å². The summed E-state index contributed by atoms with van der Waals surface area (Å²) in [5.41, 5.74) is 0. The van der Waals surface area contributed by atoms with E-state index in [0.717, 1.165) is 6.42 Å². The minimum absolute atomic E-state index is 0.00433. The molecule has 1 aliphatic carbocycles. The number of hydrogen-bond donors (Lipinski definition) is 1. The summed E-state index contributed by atoms with van der Waals surface area (Å²) in [7, 11) is 0. The van der Waals surface area contributed by atoms with E-state index in [4.69, 9.17) is 13.9 Å². The number of para-hydroxylation sites is 2. The summed E-state index contributed by atoms with van der Waals surface area (Å²) in [5, 5.41) is 11.5. The Morgan fingerprint density at radius 3 is 2.89 bits per heavy atom. The molecule has 0 saturated heterocycles. The van der Waals surface area contributed by atoms with E-state index in [2.05, 4.69) is 22.4 Å². The monoisotopic (exact) mass is 389 g/mol. The van der Waals surface area contributed by atoms with E-state index in [1.165, 1.54) is 31.0 Å². The summed E-state index contributed by atoms with van der Waals surface area (Å²) < 4.78 is 17.2. The number of carbonyl (C=O) groups excluding carboxylic acids is 1. The largest absolute Gasteiger partial charge is 0.485 e. The average molecular weight is 389 g/mol. The van der Waals surface area contributed by atoms with Crippen LogP contribution in [-0.4, -0.2) is 34.5 Å². The number of hydrogen-bond acceptors (Lipinski definition) is 7. The number of nitrogens with zero attached hydrogens (tertiary/aromatic N) is 2. The van der Waals surface area contributed by atoms with Crippen molar-refractivity contribution in [1.29, 1.82) is 0 Å². The van der Waals surface area contributed by atoms with Crippen LogP contribution in [0.2, 0.25) is 0 Å². The fourth-order valence-electron chi connectivity index (χ4n) is 3.46. The lowest BCUT2D eigenvalue weighted by atomic mass is 9.86. The van der Waals surface area contributed by atoms with Gasteiger partial charge in [-0.15, -0.1) is 10.2 Å². The van der Waals surface area contributed by atoms with Crippen LogP contribution < -0.4 is 14.8 Å². The lowest BCUT2D eigenvalue weighted by Crippen LogP contribution is -2.41. The van der Waals surface area contributed by atoms with Crippen molar-refractivity contribution in [3.05, 3.63) is 30.2 Å². The van der Waals surface area contributed by atoms with Gasteiger partial charge >= 0.3 is 0 Å². The molecule has 3 atom stereocenters. The summed E-state index contributed by atoms with van der Waals surface area (Å²) in [6, 6.07) is 7.74. The van der Waals surface area contributed by atoms with Crippen LogP contribution in [-0.2, 0) is 4.79 Å². The highest BCUT2D eigenvalue weighted by molar-refractivity contribution is 7.99. The van der Waals surface area contributed by atoms with E-state index in [-0.39, 0.29) is 17.7 Å². The van der Waals surface area contributed by atoms with Gasteiger partial charge in [0.2, 0.25) is 12.0 Å². The molecule has 0 bridgehead atoms. The second-order valence-electron chi connectivity index (χ2n) is 6.99. The molecule has 1 fully saturated rings. The Morgan fingerprint density at radius 1 is 1.22 bits per heavy atom. The van der Waals surface area contributed by atoms with Crippen LogP contribution in [0.4, 0.5) is 0 Å². The molecule has 1 aliphatic heterocycles. The summed E-state index contributed by atoms with van der Waals surface area (Å²) in [4.78, 5) is 12.2. The zero-order chi connectivity index (χ0) is 18.6. The Balaban J connectivity index is 1.29. The van der Waals surface area contributed by atoms with Gasteiger partial charge in [-0.3, -0.25) is 4.79 Å². The first-order valence-electron chi connectivity index (χ1n) is 9.33. The molecule has 1 aromatic carbocycles. The first-order chi connectivity index (χ1) is 13.2. The van der Waals surface area contributed by atoms with E-state index < -0.39 is 6.10 Å². The minimum atomic E-state index is -0.446. The van der Waals surface area contributed by atoms with Crippen LogP contribution in [0.3, 0.4) is 0 Å². The van der Waals surface area contributed by atoms with E-state index in [1.807, 2.05) is 24.3 Å². The molecule has 1 aromatic heterocycles. The summed E-state index contributed by atoms with van der Waals surface area (Å²) in [6.45, 7) is 2.51. The molecule has 0 unspecified atom stereocenters. The van der Waals surface area contributed by atoms with Crippen molar-refractivity contribution in [2.24, 2.45) is 5.92 Å². The lowest BCUT2D eigenvalue weighted by Gasteiger charge is -2.29. The number of aromatic nitrogens is 2. The van der Waals surface area contributed by atoms with Crippen molar-refractivity contribution in [2.45, 2.75) is 50.0 Å². The van der Waals surface area contributed by atoms with E-state index in [9.17, 15) is 4.79 Å². The highest BCUT2D eigenvalue weighted by Gasteiger charge is 2.28. The van der Waals surface area contributed by atoms with Gasteiger partial charge in [-0.05, 0) is 30.9 Å². The molecule has 144 valence electrons. The van der Waals surface area contributed by atoms with E-state index >= 15 is 0 Å². The number of carbonyl (C=O) groups is 1. The topological polar surface area (TPSA) is 86.5 Å². The Morgan fingerprint density at radius 2 is 2.04 bits per heavy atom. The molecule has 8 heteroatoms. The van der Waals surface area contributed by atoms with Crippen molar-refractivity contribution >= 4 is 17.7 Å². The van der Waals surface area contributed by atoms with Gasteiger partial charge in [0, 0.05) is 6.04 Å². The lowest BCUT2D eigenvalue weighted by molar-refractivity contribution is -0.119. The number of rotatable bonds is 5. The summed E-state index contributed by atoms with van der Waals surface area (Å²) >= 11 is 1.24. The van der Waals surface area contributed by atoms with Gasteiger partial charge in [-0.2, -0.15) is 0 Å². The van der Waals surface area contributed by atoms with Crippen LogP contribution in [0.25, 0.3) is 0 Å². The highest BCUT2D eigenvalue weighted by Crippen LogP contribution is 2.36. The zero-order valence-electron chi connectivity index (χ0n) is 15.2. The van der Waals surface area contributed by atoms with Gasteiger partial charge in [0.05, 0.1) is 5.75 Å². The maximum atomic E-state index is 12.2. The molecule has 0 radical (unpaired) electrons. The van der Waals surface area contributed by atoms with E-state index in [0.29, 0.717) is 35.1 Å². The van der Waals surface area contributed by atoms with Crippen LogP contribution in [0, 0.1) is 5.92 Å². The Bertz CT molecular complexity index is 797. The number of benzene rings is 1. The fourth-order valence-corrected chi connectivity index (χ4v) is 4.04. The molecule has 0 spiro atoms. The number of ether oxygens (including phenoxy) is 2. The highest BCUT2D eigenvalue weighted by atomic mass is 32.2. The van der Waals surface area contributed by atoms with Crippen molar-refractivity contribution < 1.29 is 18.7 Å². The number of fused-ring (bicyclic) bond motifs is 1. The third-order valence-corrected chi connectivity index (χ3v) is 5.81. The van der Waals surface area contributed by atoms with Gasteiger partial charge < -0.3 is 19.2 Å². The Labute approximate surface area is 162 Å². The first-order valence-corrected chi connectivity index (χ1v) is 10.3. The van der Waals surface area contributed by atoms with Crippen LogP contribution >= 0.6 is 11.8 Å². The zero-order valence-corrected chi connectivity index (χ0v) is 16.0. The molecular weight excluding hydrogens is 366 g/mol. The first kappa shape index (κ1) is 18.2. The minimum Gasteiger partial charge on any atom is -0.485 e. The molecule has 2 heterocycles. The smallest absolute Gasteiger partial charge is 0.277 e. The van der Waals surface area contributed by atoms with E-state index in [1.54, 1.807) is 0 Å². The second kappa shape index (κ2) is 8.21. The van der Waals surface area contributed by atoms with Gasteiger partial charge in [0.25, 0.3) is 11.1 Å². The molecule has 7 nitrogen and oxygen atoms in total. The number of nitrogens with one attached hydrogen (secondary N) is 1. The molecule has 1 saturated carbocycles. The predicted octanol–water partition coefficient (Wildman–Crippen LogP) is 3.37. The Kier molecular flexibility index (Phi) is 5.52. The molecule has 1 amide bonds. The third kappa shape index (κ3) is 4.37. The normalized spacial score (nSPS) is 24.4. The molecule has 27 heavy (non-hydrogen) atoms. The van der Waals surface area contributed by atoms with Crippen molar-refractivity contribution in [3.63, 3.8) is 0 Å². The summed E-state index contributed by atoms with van der Waals surface area (Å²) in [5.74, 6) is 2.51. The van der Waals surface area contributed by atoms with Crippen LogP contribution in [0.5, 0.6) is 11.5 Å². The average Bonchev–Trinajstić information content (AvgIpc) is 3.17. The second-order valence-corrected chi connectivity index (χ2v) is 7.92. The van der Waals surface area contributed by atoms with Gasteiger partial charge in [0.1, 0.15) is 6.61 Å². The van der Waals surface area contributed by atoms with Crippen molar-refractivity contribution in [3.8, 4) is 11.5 Å². The maximum Gasteiger partial charge on any atom is 0.277 e. The summed E-state index contributed by atoms with van der Waals surface area (Å²) in [6.07, 6.45) is 4.23. The molecule has 2 aliphatic rings. The predicted molar refractivity (Wildman–Crippen MR) is 99.9 cm³/mol. The third-order valence-electron chi connectivity index (χ3n) is 4.99. The van der Waals surface area contributed by atoms with Gasteiger partial charge in [-0.25, -0.2) is 0 Å². The maximum absolute atomic E-state index is 12.2. The van der Waals surface area contributed by atoms with Crippen LogP contribution in [0.15, 0.2) is 33.9 Å². The Hall–Kier alpha value is -2.22. The molecular formula is C19H23N3O4S. The van der Waals surface area contributed by atoms with Crippen molar-refractivity contribution in [1.82, 2.24) is 15.5 Å². The quantitative estimate of drug-likeness (QED) is 0.785. The van der Waals surface area contributed by atoms with Crippen LogP contribution in [0.1, 0.15) is 44.6 Å². The van der Waals surface area contributed by atoms with Gasteiger partial charge in [0.15, 0.2) is 11.5 Å². The standard InChI is InChI=1S/C19H23N3O4S/c1-12-6-2-3-7-13(12)20-17(23)11-27-19-22-21-18(26-19)16-10-24-14-8-4-5-9-15(14)25-16/h4-5,8-9,12-13,16H,2-3,6-7,10-11H2,1H3,(H,20,23)/t12-,13+,16-/m0/s1.